The fourth-order valence-corrected chi connectivity index (χ4v) is 3.90. The van der Waals surface area contributed by atoms with Crippen molar-refractivity contribution in [2.75, 3.05) is 0 Å². The molecule has 0 aliphatic heterocycles. The van der Waals surface area contributed by atoms with Gasteiger partial charge in [0, 0.05) is 24.8 Å². The molecule has 1 aromatic rings. The Kier molecular flexibility index (Phi) is 8.68. The van der Waals surface area contributed by atoms with E-state index in [9.17, 15) is 37.7 Å². The quantitative estimate of drug-likeness (QED) is 0.158. The van der Waals surface area contributed by atoms with Crippen LogP contribution in [-0.2, 0) is 15.8 Å². The summed E-state index contributed by atoms with van der Waals surface area (Å²) in [5, 5.41) is 19.8. The van der Waals surface area contributed by atoms with Crippen LogP contribution >= 0.6 is 0 Å². The lowest BCUT2D eigenvalue weighted by molar-refractivity contribution is -0.385. The number of hydrogen-bond acceptors (Lipinski definition) is 5. The molecular formula is C22H24F3NO6. The first-order valence-corrected chi connectivity index (χ1v) is 10.3. The highest BCUT2D eigenvalue weighted by Gasteiger charge is 2.34. The first kappa shape index (κ1) is 25.2. The molecule has 10 heteroatoms. The number of hydrogen-bond donors (Lipinski definition) is 1. The summed E-state index contributed by atoms with van der Waals surface area (Å²) in [6.45, 7) is 0. The van der Waals surface area contributed by atoms with Gasteiger partial charge in [-0.1, -0.05) is 25.3 Å². The summed E-state index contributed by atoms with van der Waals surface area (Å²) in [6, 6.07) is 1.76. The van der Waals surface area contributed by atoms with E-state index in [-0.39, 0.29) is 24.0 Å². The van der Waals surface area contributed by atoms with Crippen molar-refractivity contribution in [3.63, 3.8) is 0 Å². The molecule has 0 spiro atoms. The predicted octanol–water partition coefficient (Wildman–Crippen LogP) is 5.37. The average molecular weight is 455 g/mol. The molecule has 1 aliphatic rings. The van der Waals surface area contributed by atoms with E-state index in [0.29, 0.717) is 37.8 Å². The summed E-state index contributed by atoms with van der Waals surface area (Å²) in [5.74, 6) is -2.09. The number of carboxylic acid groups (broad SMARTS) is 1. The van der Waals surface area contributed by atoms with E-state index in [1.807, 2.05) is 0 Å². The summed E-state index contributed by atoms with van der Waals surface area (Å²) in [5.41, 5.74) is -2.58. The van der Waals surface area contributed by atoms with Crippen molar-refractivity contribution in [3.8, 4) is 0 Å². The normalized spacial score (nSPS) is 18.9. The second kappa shape index (κ2) is 11.0. The maximum atomic E-state index is 12.8. The SMILES string of the molecule is O=C(O)CCCCCC[C@@H]1C(=O)CC[C@H]1C=CC(=O)c1ccc(C(F)(F)F)cc1[N+](=O)[O-]. The third-order valence-corrected chi connectivity index (χ3v) is 5.59. The Hall–Kier alpha value is -3.04. The summed E-state index contributed by atoms with van der Waals surface area (Å²) in [6.07, 6.45) is 2.25. The molecule has 1 fully saturated rings. The van der Waals surface area contributed by atoms with Gasteiger partial charge in [-0.2, -0.15) is 13.2 Å². The summed E-state index contributed by atoms with van der Waals surface area (Å²) in [4.78, 5) is 45.3. The number of nitrogens with zero attached hydrogens (tertiary/aromatic N) is 1. The molecule has 1 N–H and O–H groups in total. The van der Waals surface area contributed by atoms with Crippen molar-refractivity contribution < 1.29 is 37.6 Å². The molecule has 174 valence electrons. The highest BCUT2D eigenvalue weighted by molar-refractivity contribution is 6.07. The van der Waals surface area contributed by atoms with Crippen LogP contribution in [0.1, 0.15) is 67.3 Å². The van der Waals surface area contributed by atoms with Gasteiger partial charge in [-0.3, -0.25) is 24.5 Å². The van der Waals surface area contributed by atoms with E-state index in [1.54, 1.807) is 0 Å². The number of nitro benzene ring substituents is 1. The van der Waals surface area contributed by atoms with Gasteiger partial charge < -0.3 is 5.11 Å². The number of carboxylic acids is 1. The molecule has 1 aromatic carbocycles. The van der Waals surface area contributed by atoms with Crippen molar-refractivity contribution in [1.29, 1.82) is 0 Å². The van der Waals surface area contributed by atoms with Crippen molar-refractivity contribution in [2.24, 2.45) is 11.8 Å². The number of rotatable bonds is 11. The minimum atomic E-state index is -4.77. The van der Waals surface area contributed by atoms with Gasteiger partial charge in [-0.15, -0.1) is 0 Å². The first-order valence-electron chi connectivity index (χ1n) is 10.3. The minimum Gasteiger partial charge on any atom is -0.481 e. The summed E-state index contributed by atoms with van der Waals surface area (Å²) < 4.78 is 38.5. The van der Waals surface area contributed by atoms with Gasteiger partial charge >= 0.3 is 12.1 Å². The zero-order valence-electron chi connectivity index (χ0n) is 17.3. The Bertz CT molecular complexity index is 909. The number of halogens is 3. The van der Waals surface area contributed by atoms with Gasteiger partial charge in [-0.05, 0) is 43.4 Å². The lowest BCUT2D eigenvalue weighted by Gasteiger charge is -2.14. The maximum Gasteiger partial charge on any atom is 0.416 e. The molecule has 32 heavy (non-hydrogen) atoms. The van der Waals surface area contributed by atoms with Gasteiger partial charge in [0.05, 0.1) is 16.1 Å². The van der Waals surface area contributed by atoms with Crippen LogP contribution in [0.15, 0.2) is 30.4 Å². The topological polar surface area (TPSA) is 115 Å². The van der Waals surface area contributed by atoms with Crippen molar-refractivity contribution >= 4 is 23.2 Å². The van der Waals surface area contributed by atoms with Gasteiger partial charge in [0.1, 0.15) is 5.78 Å². The highest BCUT2D eigenvalue weighted by atomic mass is 19.4. The zero-order chi connectivity index (χ0) is 23.9. The fourth-order valence-electron chi connectivity index (χ4n) is 3.90. The van der Waals surface area contributed by atoms with Gasteiger partial charge in [-0.25, -0.2) is 0 Å². The second-order valence-electron chi connectivity index (χ2n) is 7.83. The van der Waals surface area contributed by atoms with Crippen molar-refractivity contribution in [1.82, 2.24) is 0 Å². The molecule has 0 aromatic heterocycles. The maximum absolute atomic E-state index is 12.8. The largest absolute Gasteiger partial charge is 0.481 e. The van der Waals surface area contributed by atoms with Crippen LogP contribution in [-0.4, -0.2) is 27.6 Å². The predicted molar refractivity (Wildman–Crippen MR) is 108 cm³/mol. The molecule has 0 heterocycles. The monoisotopic (exact) mass is 455 g/mol. The molecule has 2 rings (SSSR count). The molecule has 0 amide bonds. The molecule has 1 aliphatic carbocycles. The van der Waals surface area contributed by atoms with Crippen LogP contribution in [0.3, 0.4) is 0 Å². The fraction of sp³-hybridized carbons (Fsp3) is 0.500. The van der Waals surface area contributed by atoms with E-state index in [4.69, 9.17) is 5.11 Å². The number of alkyl halides is 3. The lowest BCUT2D eigenvalue weighted by atomic mass is 9.89. The van der Waals surface area contributed by atoms with E-state index >= 15 is 0 Å². The smallest absolute Gasteiger partial charge is 0.416 e. The van der Waals surface area contributed by atoms with E-state index in [0.717, 1.165) is 31.4 Å². The molecule has 0 radical (unpaired) electrons. The zero-order valence-corrected chi connectivity index (χ0v) is 17.3. The second-order valence-corrected chi connectivity index (χ2v) is 7.83. The number of Topliss-reactive ketones (excluding diaryl/α,β-unsaturated/α-hetero) is 1. The lowest BCUT2D eigenvalue weighted by Crippen LogP contribution is -2.14. The van der Waals surface area contributed by atoms with Gasteiger partial charge in [0.2, 0.25) is 0 Å². The Morgan fingerprint density at radius 3 is 2.50 bits per heavy atom. The summed E-state index contributed by atoms with van der Waals surface area (Å²) >= 11 is 0. The first-order chi connectivity index (χ1) is 15.0. The molecule has 0 saturated heterocycles. The van der Waals surface area contributed by atoms with E-state index < -0.39 is 39.7 Å². The number of carbonyl (C=O) groups excluding carboxylic acids is 2. The molecule has 2 atom stereocenters. The summed E-state index contributed by atoms with van der Waals surface area (Å²) in [7, 11) is 0. The Morgan fingerprint density at radius 2 is 1.88 bits per heavy atom. The van der Waals surface area contributed by atoms with Gasteiger partial charge in [0.15, 0.2) is 5.78 Å². The van der Waals surface area contributed by atoms with Crippen molar-refractivity contribution in [2.45, 2.75) is 57.5 Å². The standard InChI is InChI=1S/C22H24F3NO6/c23-22(24,25)15-9-10-17(18(13-15)26(31)32)20(28)12-8-14-7-11-19(27)16(14)5-3-1-2-4-6-21(29)30/h8-10,12-14,16H,1-7,11H2,(H,29,30)/t14-,16-/m0/s1. The highest BCUT2D eigenvalue weighted by Crippen LogP contribution is 2.35. The molecule has 1 saturated carbocycles. The van der Waals surface area contributed by atoms with Crippen LogP contribution < -0.4 is 0 Å². The number of allylic oxidation sites excluding steroid dienone is 2. The molecule has 0 unspecified atom stereocenters. The minimum absolute atomic E-state index is 0.0677. The van der Waals surface area contributed by atoms with Crippen molar-refractivity contribution in [3.05, 3.63) is 51.6 Å². The average Bonchev–Trinajstić information content (AvgIpc) is 3.06. The number of nitro groups is 1. The Balaban J connectivity index is 2.03. The van der Waals surface area contributed by atoms with Gasteiger partial charge in [0.25, 0.3) is 5.69 Å². The van der Waals surface area contributed by atoms with Crippen LogP contribution in [0.2, 0.25) is 0 Å². The number of carbonyl (C=O) groups is 3. The molecule has 7 nitrogen and oxygen atoms in total. The van der Waals surface area contributed by atoms with E-state index in [2.05, 4.69) is 0 Å². The number of aliphatic carboxylic acids is 1. The molecular weight excluding hydrogens is 431 g/mol. The number of ketones is 2. The van der Waals surface area contributed by atoms with E-state index in [1.165, 1.54) is 6.08 Å². The Morgan fingerprint density at radius 1 is 1.19 bits per heavy atom. The van der Waals surface area contributed by atoms with Crippen LogP contribution in [0.5, 0.6) is 0 Å². The Labute approximate surface area is 182 Å². The number of unbranched alkanes of at least 4 members (excludes halogenated alkanes) is 3. The van der Waals surface area contributed by atoms with Crippen LogP contribution in [0.4, 0.5) is 18.9 Å². The van der Waals surface area contributed by atoms with Crippen LogP contribution in [0.25, 0.3) is 0 Å². The third kappa shape index (κ3) is 7.00. The van der Waals surface area contributed by atoms with Crippen LogP contribution in [0, 0.1) is 22.0 Å². The molecule has 0 bridgehead atoms. The third-order valence-electron chi connectivity index (χ3n) is 5.59. The number of benzene rings is 1.